The third-order valence-corrected chi connectivity index (χ3v) is 5.85. The van der Waals surface area contributed by atoms with E-state index in [0.29, 0.717) is 9.99 Å². The summed E-state index contributed by atoms with van der Waals surface area (Å²) < 4.78 is 25.5. The molecule has 0 radical (unpaired) electrons. The van der Waals surface area contributed by atoms with Crippen LogP contribution >= 0.6 is 11.6 Å². The van der Waals surface area contributed by atoms with E-state index >= 15 is 0 Å². The summed E-state index contributed by atoms with van der Waals surface area (Å²) in [4.78, 5) is 24.2. The summed E-state index contributed by atoms with van der Waals surface area (Å²) >= 11 is 5.99. The van der Waals surface area contributed by atoms with Gasteiger partial charge >= 0.3 is 0 Å². The number of nitrogens with one attached hydrogen (secondary N) is 2. The van der Waals surface area contributed by atoms with Crippen molar-refractivity contribution in [2.24, 2.45) is 0 Å². The number of rotatable bonds is 5. The van der Waals surface area contributed by atoms with Crippen LogP contribution in [-0.2, 0) is 14.9 Å². The Labute approximate surface area is 154 Å². The minimum absolute atomic E-state index is 0.0193. The number of hydrogen-bond donors (Lipinski definition) is 2. The molecule has 0 aliphatic heterocycles. The highest BCUT2D eigenvalue weighted by Gasteiger charge is 2.25. The summed E-state index contributed by atoms with van der Waals surface area (Å²) in [6.07, 6.45) is 0. The lowest BCUT2D eigenvalue weighted by Crippen LogP contribution is -2.26. The standard InChI is InChI=1S/C16H15ClN4O4S/c1-21(25-2)26(23,24)14-9-10(7-8-11(14)17)15(22)20-16-18-12-5-3-4-6-13(12)19-16/h3-9H,1-2H3,(H2,18,19,20,22). The molecule has 3 rings (SSSR count). The number of hydrogen-bond acceptors (Lipinski definition) is 5. The molecule has 0 aliphatic rings. The average Bonchev–Trinajstić information content (AvgIpc) is 3.03. The van der Waals surface area contributed by atoms with Crippen LogP contribution < -0.4 is 5.32 Å². The minimum atomic E-state index is -3.99. The van der Waals surface area contributed by atoms with Crippen LogP contribution in [0.15, 0.2) is 47.4 Å². The van der Waals surface area contributed by atoms with Crippen LogP contribution in [0.5, 0.6) is 0 Å². The van der Waals surface area contributed by atoms with Crippen LogP contribution in [0.1, 0.15) is 10.4 Å². The summed E-state index contributed by atoms with van der Waals surface area (Å²) in [5, 5.41) is 2.58. The summed E-state index contributed by atoms with van der Waals surface area (Å²) in [5.41, 5.74) is 1.57. The second-order valence-corrected chi connectivity index (χ2v) is 7.61. The van der Waals surface area contributed by atoms with Gasteiger partial charge in [-0.1, -0.05) is 28.2 Å². The number of hydroxylamine groups is 1. The number of carbonyl (C=O) groups excluding carboxylic acids is 1. The Morgan fingerprint density at radius 3 is 2.69 bits per heavy atom. The van der Waals surface area contributed by atoms with Crippen LogP contribution in [-0.4, -0.2) is 42.9 Å². The van der Waals surface area contributed by atoms with Gasteiger partial charge in [-0.2, -0.15) is 0 Å². The number of para-hydroxylation sites is 2. The van der Waals surface area contributed by atoms with Crippen molar-refractivity contribution in [2.45, 2.75) is 4.90 Å². The Morgan fingerprint density at radius 2 is 2.00 bits per heavy atom. The number of H-pyrrole nitrogens is 1. The molecule has 1 aromatic heterocycles. The second-order valence-electron chi connectivity index (χ2n) is 5.30. The van der Waals surface area contributed by atoms with Crippen molar-refractivity contribution < 1.29 is 18.0 Å². The van der Waals surface area contributed by atoms with Gasteiger partial charge in [0.25, 0.3) is 15.9 Å². The number of nitrogens with zero attached hydrogens (tertiary/aromatic N) is 2. The molecule has 2 N–H and O–H groups in total. The van der Waals surface area contributed by atoms with Crippen molar-refractivity contribution in [3.63, 3.8) is 0 Å². The molecule has 0 atom stereocenters. The molecular weight excluding hydrogens is 380 g/mol. The maximum atomic E-state index is 12.5. The van der Waals surface area contributed by atoms with Gasteiger partial charge in [-0.15, -0.1) is 0 Å². The van der Waals surface area contributed by atoms with Crippen molar-refractivity contribution in [3.05, 3.63) is 53.1 Å². The van der Waals surface area contributed by atoms with Gasteiger partial charge in [0.05, 0.1) is 23.2 Å². The summed E-state index contributed by atoms with van der Waals surface area (Å²) in [6, 6.07) is 11.2. The number of fused-ring (bicyclic) bond motifs is 1. The monoisotopic (exact) mass is 394 g/mol. The topological polar surface area (TPSA) is 104 Å². The molecule has 10 heteroatoms. The molecule has 1 amide bonds. The van der Waals surface area contributed by atoms with Crippen LogP contribution in [0.4, 0.5) is 5.95 Å². The smallest absolute Gasteiger partial charge is 0.266 e. The van der Waals surface area contributed by atoms with Gasteiger partial charge in [-0.3, -0.25) is 14.9 Å². The van der Waals surface area contributed by atoms with E-state index in [9.17, 15) is 13.2 Å². The molecule has 26 heavy (non-hydrogen) atoms. The Kier molecular flexibility index (Phi) is 4.97. The highest BCUT2D eigenvalue weighted by Crippen LogP contribution is 2.26. The molecule has 0 bridgehead atoms. The molecule has 0 saturated carbocycles. The van der Waals surface area contributed by atoms with Crippen molar-refractivity contribution in [3.8, 4) is 0 Å². The van der Waals surface area contributed by atoms with E-state index in [4.69, 9.17) is 16.4 Å². The average molecular weight is 395 g/mol. The van der Waals surface area contributed by atoms with Crippen LogP contribution in [0, 0.1) is 0 Å². The molecule has 0 aliphatic carbocycles. The maximum Gasteiger partial charge on any atom is 0.266 e. The summed E-state index contributed by atoms with van der Waals surface area (Å²) in [6.45, 7) is 0. The number of amides is 1. The third-order valence-electron chi connectivity index (χ3n) is 3.69. The lowest BCUT2D eigenvalue weighted by Gasteiger charge is -2.15. The molecule has 0 spiro atoms. The fourth-order valence-corrected chi connectivity index (χ4v) is 3.74. The summed E-state index contributed by atoms with van der Waals surface area (Å²) in [7, 11) is -1.55. The van der Waals surface area contributed by atoms with E-state index in [0.717, 1.165) is 5.52 Å². The van der Waals surface area contributed by atoms with Gasteiger partial charge in [-0.05, 0) is 30.3 Å². The van der Waals surface area contributed by atoms with Crippen molar-refractivity contribution in [2.75, 3.05) is 19.5 Å². The predicted molar refractivity (Wildman–Crippen MR) is 97.5 cm³/mol. The number of aromatic nitrogens is 2. The Hall–Kier alpha value is -2.46. The number of anilines is 1. The number of aromatic amines is 1. The lowest BCUT2D eigenvalue weighted by atomic mass is 10.2. The Bertz CT molecular complexity index is 1050. The van der Waals surface area contributed by atoms with Crippen molar-refractivity contribution >= 4 is 44.5 Å². The van der Waals surface area contributed by atoms with E-state index in [1.54, 1.807) is 6.07 Å². The lowest BCUT2D eigenvalue weighted by molar-refractivity contribution is -0.0258. The van der Waals surface area contributed by atoms with Gasteiger partial charge in [0.2, 0.25) is 5.95 Å². The first-order chi connectivity index (χ1) is 12.3. The number of imidazole rings is 1. The van der Waals surface area contributed by atoms with Gasteiger partial charge in [-0.25, -0.2) is 13.4 Å². The van der Waals surface area contributed by atoms with Gasteiger partial charge in [0.15, 0.2) is 0 Å². The Balaban J connectivity index is 1.91. The van der Waals surface area contributed by atoms with E-state index < -0.39 is 15.9 Å². The third kappa shape index (κ3) is 3.42. The van der Waals surface area contributed by atoms with Crippen LogP contribution in [0.25, 0.3) is 11.0 Å². The zero-order valence-corrected chi connectivity index (χ0v) is 15.4. The quantitative estimate of drug-likeness (QED) is 0.647. The highest BCUT2D eigenvalue weighted by atomic mass is 35.5. The first kappa shape index (κ1) is 18.3. The largest absolute Gasteiger partial charge is 0.324 e. The van der Waals surface area contributed by atoms with Gasteiger partial charge in [0, 0.05) is 12.6 Å². The molecule has 3 aromatic rings. The zero-order valence-electron chi connectivity index (χ0n) is 13.9. The van der Waals surface area contributed by atoms with E-state index in [1.807, 2.05) is 18.2 Å². The molecule has 8 nitrogen and oxygen atoms in total. The molecule has 136 valence electrons. The highest BCUT2D eigenvalue weighted by molar-refractivity contribution is 7.89. The van der Waals surface area contributed by atoms with Crippen molar-refractivity contribution in [1.82, 2.24) is 14.4 Å². The minimum Gasteiger partial charge on any atom is -0.324 e. The molecular formula is C16H15ClN4O4S. The fraction of sp³-hybridized carbons (Fsp3) is 0.125. The number of halogens is 1. The molecule has 0 unspecified atom stereocenters. The van der Waals surface area contributed by atoms with Crippen LogP contribution in [0.2, 0.25) is 5.02 Å². The first-order valence-corrected chi connectivity index (χ1v) is 9.23. The molecule has 0 saturated heterocycles. The zero-order chi connectivity index (χ0) is 18.9. The fourth-order valence-electron chi connectivity index (χ4n) is 2.27. The predicted octanol–water partition coefficient (Wildman–Crippen LogP) is 2.65. The number of carbonyl (C=O) groups is 1. The van der Waals surface area contributed by atoms with Crippen molar-refractivity contribution in [1.29, 1.82) is 0 Å². The normalized spacial score (nSPS) is 11.8. The molecule has 0 fully saturated rings. The Morgan fingerprint density at radius 1 is 1.27 bits per heavy atom. The first-order valence-electron chi connectivity index (χ1n) is 7.41. The van der Waals surface area contributed by atoms with E-state index in [-0.39, 0.29) is 21.4 Å². The van der Waals surface area contributed by atoms with Gasteiger partial charge < -0.3 is 4.98 Å². The van der Waals surface area contributed by atoms with E-state index in [2.05, 4.69) is 15.3 Å². The van der Waals surface area contributed by atoms with Crippen LogP contribution in [0.3, 0.4) is 0 Å². The van der Waals surface area contributed by atoms with Gasteiger partial charge in [0.1, 0.15) is 4.90 Å². The number of sulfonamides is 1. The molecule has 2 aromatic carbocycles. The summed E-state index contributed by atoms with van der Waals surface area (Å²) in [5.74, 6) is -0.276. The maximum absolute atomic E-state index is 12.5. The molecule has 1 heterocycles. The number of benzene rings is 2. The van der Waals surface area contributed by atoms with E-state index in [1.165, 1.54) is 32.4 Å². The second kappa shape index (κ2) is 7.04. The SMILES string of the molecule is CON(C)S(=O)(=O)c1cc(C(=O)Nc2nc3ccccc3[nH]2)ccc1Cl.